The molecule has 1 aliphatic rings. The van der Waals surface area contributed by atoms with Gasteiger partial charge in [0.15, 0.2) is 0 Å². The number of pyridine rings is 1. The van der Waals surface area contributed by atoms with Gasteiger partial charge in [0, 0.05) is 42.9 Å². The minimum atomic E-state index is -3.58. The van der Waals surface area contributed by atoms with Gasteiger partial charge < -0.3 is 19.2 Å². The molecule has 10 heteroatoms. The van der Waals surface area contributed by atoms with E-state index in [1.165, 1.54) is 16.4 Å². The molecule has 39 heavy (non-hydrogen) atoms. The van der Waals surface area contributed by atoms with Gasteiger partial charge in [0.25, 0.3) is 0 Å². The standard InChI is InChI=1S/C29H29N3O6S/c1-20-26(24-11-16-37-19-24)17-27(30-28(20)38-18-21-3-5-23(6-4-21)29(33)34)22-7-9-25(10-8-22)39(35,36)32-14-12-31(2)13-15-32/h3-11,16-17,19H,12-15,18H2,1-2H3,(H,33,34). The van der Waals surface area contributed by atoms with Crippen LogP contribution in [0.3, 0.4) is 0 Å². The molecule has 0 saturated carbocycles. The summed E-state index contributed by atoms with van der Waals surface area (Å²) < 4.78 is 39.2. The summed E-state index contributed by atoms with van der Waals surface area (Å²) in [4.78, 5) is 18.3. The first-order valence-corrected chi connectivity index (χ1v) is 13.9. The first-order chi connectivity index (χ1) is 18.7. The van der Waals surface area contributed by atoms with Crippen LogP contribution in [0.4, 0.5) is 0 Å². The van der Waals surface area contributed by atoms with Crippen molar-refractivity contribution in [2.24, 2.45) is 0 Å². The number of likely N-dealkylation sites (N-methyl/N-ethyl adjacent to an activating group) is 1. The Labute approximate surface area is 227 Å². The molecule has 1 aliphatic heterocycles. The molecule has 0 radical (unpaired) electrons. The van der Waals surface area contributed by atoms with Crippen LogP contribution < -0.4 is 4.74 Å². The van der Waals surface area contributed by atoms with Gasteiger partial charge in [-0.1, -0.05) is 24.3 Å². The summed E-state index contributed by atoms with van der Waals surface area (Å²) in [5.41, 5.74) is 4.92. The minimum Gasteiger partial charge on any atom is -0.478 e. The van der Waals surface area contributed by atoms with Crippen LogP contribution >= 0.6 is 0 Å². The summed E-state index contributed by atoms with van der Waals surface area (Å²) in [6, 6.07) is 17.0. The summed E-state index contributed by atoms with van der Waals surface area (Å²) in [6.45, 7) is 4.45. The summed E-state index contributed by atoms with van der Waals surface area (Å²) >= 11 is 0. The molecule has 0 bridgehead atoms. The van der Waals surface area contributed by atoms with E-state index < -0.39 is 16.0 Å². The van der Waals surface area contributed by atoms with Gasteiger partial charge in [0.1, 0.15) is 6.61 Å². The topological polar surface area (TPSA) is 113 Å². The number of carboxylic acid groups (broad SMARTS) is 1. The predicted octanol–water partition coefficient (Wildman–Crippen LogP) is 4.53. The Morgan fingerprint density at radius 2 is 1.69 bits per heavy atom. The second kappa shape index (κ2) is 11.0. The van der Waals surface area contributed by atoms with E-state index in [-0.39, 0.29) is 17.1 Å². The van der Waals surface area contributed by atoms with Crippen molar-refractivity contribution in [3.8, 4) is 28.3 Å². The molecule has 5 rings (SSSR count). The molecule has 202 valence electrons. The van der Waals surface area contributed by atoms with Gasteiger partial charge in [-0.25, -0.2) is 18.2 Å². The molecule has 2 aromatic carbocycles. The number of carboxylic acids is 1. The van der Waals surface area contributed by atoms with Gasteiger partial charge in [-0.15, -0.1) is 0 Å². The number of sulfonamides is 1. The molecular weight excluding hydrogens is 518 g/mol. The lowest BCUT2D eigenvalue weighted by Crippen LogP contribution is -2.46. The van der Waals surface area contributed by atoms with E-state index in [2.05, 4.69) is 4.90 Å². The number of aromatic carboxylic acids is 1. The first-order valence-electron chi connectivity index (χ1n) is 12.5. The van der Waals surface area contributed by atoms with E-state index in [0.29, 0.717) is 37.8 Å². The highest BCUT2D eigenvalue weighted by Gasteiger charge is 2.27. The van der Waals surface area contributed by atoms with E-state index >= 15 is 0 Å². The second-order valence-corrected chi connectivity index (χ2v) is 11.5. The average Bonchev–Trinajstić information content (AvgIpc) is 3.48. The molecule has 1 fully saturated rings. The van der Waals surface area contributed by atoms with Crippen LogP contribution in [0.5, 0.6) is 5.88 Å². The third kappa shape index (κ3) is 5.73. The van der Waals surface area contributed by atoms with Crippen molar-refractivity contribution in [3.05, 3.63) is 89.9 Å². The zero-order chi connectivity index (χ0) is 27.6. The van der Waals surface area contributed by atoms with Crippen molar-refractivity contribution in [3.63, 3.8) is 0 Å². The van der Waals surface area contributed by atoms with Crippen LogP contribution in [-0.4, -0.2) is 66.9 Å². The third-order valence-electron chi connectivity index (χ3n) is 6.89. The Morgan fingerprint density at radius 3 is 2.31 bits per heavy atom. The van der Waals surface area contributed by atoms with Crippen molar-refractivity contribution in [1.29, 1.82) is 0 Å². The van der Waals surface area contributed by atoms with Crippen LogP contribution in [0.1, 0.15) is 21.5 Å². The molecular formula is C29H29N3O6S. The molecule has 1 N–H and O–H groups in total. The SMILES string of the molecule is Cc1c(-c2ccoc2)cc(-c2ccc(S(=O)(=O)N3CCN(C)CC3)cc2)nc1OCc1ccc(C(=O)O)cc1. The lowest BCUT2D eigenvalue weighted by Gasteiger charge is -2.31. The van der Waals surface area contributed by atoms with Gasteiger partial charge in [-0.2, -0.15) is 4.31 Å². The number of piperazine rings is 1. The Kier molecular flexibility index (Phi) is 7.51. The van der Waals surface area contributed by atoms with Crippen LogP contribution in [0, 0.1) is 6.92 Å². The second-order valence-electron chi connectivity index (χ2n) is 9.52. The maximum absolute atomic E-state index is 13.2. The maximum atomic E-state index is 13.2. The Morgan fingerprint density at radius 1 is 1.00 bits per heavy atom. The van der Waals surface area contributed by atoms with Crippen LogP contribution in [-0.2, 0) is 16.6 Å². The number of aromatic nitrogens is 1. The number of hydrogen-bond acceptors (Lipinski definition) is 7. The number of carbonyl (C=O) groups is 1. The smallest absolute Gasteiger partial charge is 0.335 e. The average molecular weight is 548 g/mol. The monoisotopic (exact) mass is 547 g/mol. The number of benzene rings is 2. The molecule has 0 aliphatic carbocycles. The van der Waals surface area contributed by atoms with Gasteiger partial charge in [0.2, 0.25) is 15.9 Å². The van der Waals surface area contributed by atoms with Crippen molar-refractivity contribution >= 4 is 16.0 Å². The van der Waals surface area contributed by atoms with Crippen LogP contribution in [0.25, 0.3) is 22.4 Å². The van der Waals surface area contributed by atoms with Crippen molar-refractivity contribution in [2.75, 3.05) is 33.2 Å². The zero-order valence-electron chi connectivity index (χ0n) is 21.7. The van der Waals surface area contributed by atoms with Crippen molar-refractivity contribution in [1.82, 2.24) is 14.2 Å². The molecule has 4 aromatic rings. The van der Waals surface area contributed by atoms with Gasteiger partial charge in [0.05, 0.1) is 28.7 Å². The van der Waals surface area contributed by atoms with Crippen molar-refractivity contribution in [2.45, 2.75) is 18.4 Å². The highest BCUT2D eigenvalue weighted by Crippen LogP contribution is 2.34. The fraction of sp³-hybridized carbons (Fsp3) is 0.241. The van der Waals surface area contributed by atoms with Crippen LogP contribution in [0.15, 0.2) is 82.5 Å². The lowest BCUT2D eigenvalue weighted by atomic mass is 10.0. The van der Waals surface area contributed by atoms with Gasteiger partial charge in [-0.3, -0.25) is 0 Å². The van der Waals surface area contributed by atoms with Gasteiger partial charge in [-0.05, 0) is 61.5 Å². The fourth-order valence-electron chi connectivity index (χ4n) is 4.46. The molecule has 9 nitrogen and oxygen atoms in total. The van der Waals surface area contributed by atoms with E-state index in [9.17, 15) is 13.2 Å². The number of hydrogen-bond donors (Lipinski definition) is 1. The zero-order valence-corrected chi connectivity index (χ0v) is 22.5. The lowest BCUT2D eigenvalue weighted by molar-refractivity contribution is 0.0696. The quantitative estimate of drug-likeness (QED) is 0.342. The Balaban J connectivity index is 1.44. The summed E-state index contributed by atoms with van der Waals surface area (Å²) in [5, 5.41) is 9.13. The molecule has 0 spiro atoms. The van der Waals surface area contributed by atoms with Crippen molar-refractivity contribution < 1.29 is 27.5 Å². The summed E-state index contributed by atoms with van der Waals surface area (Å²) in [6.07, 6.45) is 3.24. The molecule has 1 saturated heterocycles. The summed E-state index contributed by atoms with van der Waals surface area (Å²) in [7, 11) is -1.59. The molecule has 0 amide bonds. The Bertz CT molecular complexity index is 1560. The maximum Gasteiger partial charge on any atom is 0.335 e. The number of rotatable bonds is 8. The van der Waals surface area contributed by atoms with E-state index in [1.54, 1.807) is 48.9 Å². The van der Waals surface area contributed by atoms with E-state index in [4.69, 9.17) is 19.2 Å². The fourth-order valence-corrected chi connectivity index (χ4v) is 5.88. The van der Waals surface area contributed by atoms with E-state index in [1.807, 2.05) is 26.1 Å². The van der Waals surface area contributed by atoms with Gasteiger partial charge >= 0.3 is 5.97 Å². The normalized spacial score (nSPS) is 14.8. The highest BCUT2D eigenvalue weighted by molar-refractivity contribution is 7.89. The first kappa shape index (κ1) is 26.6. The largest absolute Gasteiger partial charge is 0.478 e. The minimum absolute atomic E-state index is 0.199. The number of ether oxygens (including phenoxy) is 1. The molecule has 0 unspecified atom stereocenters. The Hall–Kier alpha value is -3.99. The molecule has 3 heterocycles. The highest BCUT2D eigenvalue weighted by atomic mass is 32.2. The number of nitrogens with zero attached hydrogens (tertiary/aromatic N) is 3. The van der Waals surface area contributed by atoms with Crippen LogP contribution in [0.2, 0.25) is 0 Å². The molecule has 2 aromatic heterocycles. The molecule has 0 atom stereocenters. The summed E-state index contributed by atoms with van der Waals surface area (Å²) in [5.74, 6) is -0.570. The predicted molar refractivity (Wildman–Crippen MR) is 146 cm³/mol. The third-order valence-corrected chi connectivity index (χ3v) is 8.80. The van der Waals surface area contributed by atoms with E-state index in [0.717, 1.165) is 27.8 Å². The number of furan rings is 1.